The minimum absolute atomic E-state index is 0.278. The summed E-state index contributed by atoms with van der Waals surface area (Å²) >= 11 is 0. The minimum Gasteiger partial charge on any atom is -0.360 e. The third-order valence-electron chi connectivity index (χ3n) is 5.31. The molecule has 2 aromatic rings. The number of amides is 1. The van der Waals surface area contributed by atoms with E-state index in [9.17, 15) is 13.2 Å². The van der Waals surface area contributed by atoms with Crippen molar-refractivity contribution in [1.29, 1.82) is 0 Å². The van der Waals surface area contributed by atoms with Crippen LogP contribution in [0.3, 0.4) is 0 Å². The van der Waals surface area contributed by atoms with Gasteiger partial charge in [0.1, 0.15) is 11.8 Å². The van der Waals surface area contributed by atoms with Crippen molar-refractivity contribution in [3.8, 4) is 0 Å². The molecule has 0 radical (unpaired) electrons. The molecule has 1 aliphatic heterocycles. The quantitative estimate of drug-likeness (QED) is 0.868. The number of carbonyl (C=O) groups excluding carboxylic acids is 1. The van der Waals surface area contributed by atoms with E-state index in [1.165, 1.54) is 9.87 Å². The maximum absolute atomic E-state index is 13.2. The molecule has 1 aliphatic carbocycles. The highest BCUT2D eigenvalue weighted by atomic mass is 32.2. The van der Waals surface area contributed by atoms with Crippen LogP contribution in [-0.4, -0.2) is 36.4 Å². The molecule has 1 fully saturated rings. The molecule has 1 aromatic heterocycles. The van der Waals surface area contributed by atoms with Crippen LogP contribution >= 0.6 is 0 Å². The lowest BCUT2D eigenvalue weighted by atomic mass is 9.92. The highest BCUT2D eigenvalue weighted by molar-refractivity contribution is 7.89. The number of aromatic nitrogens is 1. The second-order valence-corrected chi connectivity index (χ2v) is 9.11. The van der Waals surface area contributed by atoms with E-state index in [1.807, 2.05) is 6.07 Å². The molecule has 7 nitrogen and oxygen atoms in total. The van der Waals surface area contributed by atoms with E-state index >= 15 is 0 Å². The van der Waals surface area contributed by atoms with Gasteiger partial charge in [0.05, 0.1) is 4.90 Å². The number of benzene rings is 1. The molecular weight excluding hydrogens is 366 g/mol. The van der Waals surface area contributed by atoms with Crippen molar-refractivity contribution in [1.82, 2.24) is 9.46 Å². The normalized spacial score (nSPS) is 20.4. The Morgan fingerprint density at radius 1 is 1.19 bits per heavy atom. The molecule has 0 bridgehead atoms. The summed E-state index contributed by atoms with van der Waals surface area (Å²) in [5, 5.41) is 6.40. The molecule has 27 heavy (non-hydrogen) atoms. The molecule has 0 saturated carbocycles. The fourth-order valence-corrected chi connectivity index (χ4v) is 5.64. The number of nitrogens with zero attached hydrogens (tertiary/aromatic N) is 2. The highest BCUT2D eigenvalue weighted by Gasteiger charge is 2.39. The van der Waals surface area contributed by atoms with E-state index in [1.54, 1.807) is 25.1 Å². The summed E-state index contributed by atoms with van der Waals surface area (Å²) in [4.78, 5) is 12.9. The Balaban J connectivity index is 1.57. The Labute approximate surface area is 158 Å². The van der Waals surface area contributed by atoms with Crippen LogP contribution in [0, 0.1) is 6.92 Å². The Morgan fingerprint density at radius 2 is 1.96 bits per heavy atom. The second kappa shape index (κ2) is 7.09. The van der Waals surface area contributed by atoms with E-state index in [4.69, 9.17) is 4.52 Å². The third-order valence-corrected chi connectivity index (χ3v) is 7.22. The predicted octanol–water partition coefficient (Wildman–Crippen LogP) is 2.65. The smallest absolute Gasteiger partial charge is 0.244 e. The first-order chi connectivity index (χ1) is 12.9. The van der Waals surface area contributed by atoms with Gasteiger partial charge in [-0.15, -0.1) is 0 Å². The molecule has 1 amide bonds. The summed E-state index contributed by atoms with van der Waals surface area (Å²) in [6, 6.07) is 6.26. The lowest BCUT2D eigenvalue weighted by Gasteiger charge is -2.24. The molecule has 1 unspecified atom stereocenters. The topological polar surface area (TPSA) is 92.5 Å². The molecule has 4 rings (SSSR count). The van der Waals surface area contributed by atoms with Crippen LogP contribution in [-0.2, 0) is 27.7 Å². The molecule has 1 aromatic carbocycles. The minimum atomic E-state index is -3.72. The van der Waals surface area contributed by atoms with Crippen molar-refractivity contribution >= 4 is 21.7 Å². The number of rotatable bonds is 4. The number of nitrogens with one attached hydrogen (secondary N) is 1. The largest absolute Gasteiger partial charge is 0.360 e. The van der Waals surface area contributed by atoms with Crippen LogP contribution in [0.5, 0.6) is 0 Å². The van der Waals surface area contributed by atoms with Crippen molar-refractivity contribution in [2.75, 3.05) is 11.9 Å². The summed E-state index contributed by atoms with van der Waals surface area (Å²) in [6.45, 7) is 2.07. The van der Waals surface area contributed by atoms with Crippen molar-refractivity contribution in [3.63, 3.8) is 0 Å². The number of hydrogen-bond acceptors (Lipinski definition) is 5. The van der Waals surface area contributed by atoms with Crippen molar-refractivity contribution in [2.24, 2.45) is 0 Å². The van der Waals surface area contributed by atoms with Crippen molar-refractivity contribution in [3.05, 3.63) is 41.2 Å². The first-order valence-corrected chi connectivity index (χ1v) is 10.8. The predicted molar refractivity (Wildman–Crippen MR) is 99.9 cm³/mol. The first kappa shape index (κ1) is 18.2. The fourth-order valence-electron chi connectivity index (χ4n) is 3.93. The van der Waals surface area contributed by atoms with E-state index < -0.39 is 16.1 Å². The summed E-state index contributed by atoms with van der Waals surface area (Å²) in [6.07, 6.45) is 5.29. The van der Waals surface area contributed by atoms with E-state index in [0.717, 1.165) is 31.2 Å². The summed E-state index contributed by atoms with van der Waals surface area (Å²) < 4.78 is 32.7. The molecular formula is C19H23N3O4S. The van der Waals surface area contributed by atoms with Gasteiger partial charge >= 0.3 is 0 Å². The number of sulfonamides is 1. The van der Waals surface area contributed by atoms with Gasteiger partial charge in [-0.1, -0.05) is 11.2 Å². The van der Waals surface area contributed by atoms with Crippen LogP contribution in [0.1, 0.15) is 42.6 Å². The van der Waals surface area contributed by atoms with E-state index in [0.29, 0.717) is 31.0 Å². The Hall–Kier alpha value is -2.19. The molecule has 144 valence electrons. The SMILES string of the molecule is Cc1cc(NC(=O)C2CCCN2S(=O)(=O)c2ccc3c(c2)CCCC3)no1. The zero-order valence-electron chi connectivity index (χ0n) is 15.3. The number of anilines is 1. The monoisotopic (exact) mass is 389 g/mol. The summed E-state index contributed by atoms with van der Waals surface area (Å²) in [7, 11) is -3.72. The van der Waals surface area contributed by atoms with Gasteiger partial charge in [-0.2, -0.15) is 4.31 Å². The standard InChI is InChI=1S/C19H23N3O4S/c1-13-11-18(21-26-13)20-19(23)17-7-4-10-22(17)27(24,25)16-9-8-14-5-2-3-6-15(14)12-16/h8-9,11-12,17H,2-7,10H2,1H3,(H,20,21,23). The maximum Gasteiger partial charge on any atom is 0.244 e. The van der Waals surface area contributed by atoms with Crippen molar-refractivity contribution in [2.45, 2.75) is 56.4 Å². The average Bonchev–Trinajstić information content (AvgIpc) is 3.31. The highest BCUT2D eigenvalue weighted by Crippen LogP contribution is 2.30. The Kier molecular flexibility index (Phi) is 4.77. The zero-order chi connectivity index (χ0) is 19.0. The zero-order valence-corrected chi connectivity index (χ0v) is 16.1. The Morgan fingerprint density at radius 3 is 2.70 bits per heavy atom. The lowest BCUT2D eigenvalue weighted by molar-refractivity contribution is -0.119. The first-order valence-electron chi connectivity index (χ1n) is 9.33. The lowest BCUT2D eigenvalue weighted by Crippen LogP contribution is -2.43. The van der Waals surface area contributed by atoms with Crippen molar-refractivity contribution < 1.29 is 17.7 Å². The molecule has 8 heteroatoms. The summed E-state index contributed by atoms with van der Waals surface area (Å²) in [5.74, 6) is 0.508. The molecule has 1 saturated heterocycles. The van der Waals surface area contributed by atoms with E-state index in [2.05, 4.69) is 10.5 Å². The van der Waals surface area contributed by atoms with E-state index in [-0.39, 0.29) is 10.8 Å². The van der Waals surface area contributed by atoms with Gasteiger partial charge < -0.3 is 9.84 Å². The molecule has 2 heterocycles. The molecule has 1 N–H and O–H groups in total. The van der Waals surface area contributed by atoms with Gasteiger partial charge in [0.15, 0.2) is 5.82 Å². The Bertz CT molecular complexity index is 967. The molecule has 0 spiro atoms. The van der Waals surface area contributed by atoms with Crippen LogP contribution < -0.4 is 5.32 Å². The third kappa shape index (κ3) is 3.51. The summed E-state index contributed by atoms with van der Waals surface area (Å²) in [5.41, 5.74) is 2.35. The van der Waals surface area contributed by atoms with Gasteiger partial charge in [-0.3, -0.25) is 4.79 Å². The maximum atomic E-state index is 13.2. The van der Waals surface area contributed by atoms with Crippen LogP contribution in [0.25, 0.3) is 0 Å². The fraction of sp³-hybridized carbons (Fsp3) is 0.474. The van der Waals surface area contributed by atoms with Crippen LogP contribution in [0.2, 0.25) is 0 Å². The number of fused-ring (bicyclic) bond motifs is 1. The van der Waals surface area contributed by atoms with Gasteiger partial charge in [0.25, 0.3) is 0 Å². The van der Waals surface area contributed by atoms with Gasteiger partial charge in [0.2, 0.25) is 15.9 Å². The van der Waals surface area contributed by atoms with Gasteiger partial charge in [-0.05, 0) is 68.7 Å². The number of aryl methyl sites for hydroxylation is 3. The average molecular weight is 389 g/mol. The molecule has 2 aliphatic rings. The number of carbonyl (C=O) groups is 1. The molecule has 1 atom stereocenters. The second-order valence-electron chi connectivity index (χ2n) is 7.22. The van der Waals surface area contributed by atoms with Gasteiger partial charge in [0, 0.05) is 12.6 Å². The van der Waals surface area contributed by atoms with Crippen LogP contribution in [0.15, 0.2) is 33.7 Å². The number of hydrogen-bond donors (Lipinski definition) is 1. The van der Waals surface area contributed by atoms with Crippen LogP contribution in [0.4, 0.5) is 5.82 Å². The van der Waals surface area contributed by atoms with Gasteiger partial charge in [-0.25, -0.2) is 8.42 Å².